The molecule has 1 N–H and O–H groups in total. The van der Waals surface area contributed by atoms with Gasteiger partial charge in [-0.25, -0.2) is 0 Å². The molecule has 0 fully saturated rings. The summed E-state index contributed by atoms with van der Waals surface area (Å²) in [6.45, 7) is 2.05. The van der Waals surface area contributed by atoms with Gasteiger partial charge in [-0.1, -0.05) is 0 Å². The minimum Gasteiger partial charge on any atom is -0.493 e. The third kappa shape index (κ3) is 0.775. The molecule has 3 heteroatoms. The third-order valence-corrected chi connectivity index (χ3v) is 2.99. The quantitative estimate of drug-likeness (QED) is 0.639. The first-order valence-electron chi connectivity index (χ1n) is 3.42. The van der Waals surface area contributed by atoms with Crippen LogP contribution in [0.5, 0.6) is 5.88 Å². The van der Waals surface area contributed by atoms with Crippen molar-refractivity contribution in [2.24, 2.45) is 7.05 Å². The summed E-state index contributed by atoms with van der Waals surface area (Å²) in [6.07, 6.45) is 1.95. The zero-order valence-corrected chi connectivity index (χ0v) is 7.27. The first-order chi connectivity index (χ1) is 5.20. The Morgan fingerprint density at radius 2 is 2.27 bits per heavy atom. The molecule has 0 radical (unpaired) electrons. The van der Waals surface area contributed by atoms with Crippen LogP contribution < -0.4 is 0 Å². The van der Waals surface area contributed by atoms with Gasteiger partial charge in [0.15, 0.2) is 0 Å². The Morgan fingerprint density at radius 3 is 2.91 bits per heavy atom. The molecule has 2 heterocycles. The summed E-state index contributed by atoms with van der Waals surface area (Å²) in [5.41, 5.74) is 1.24. The van der Waals surface area contributed by atoms with Crippen LogP contribution in [-0.2, 0) is 7.05 Å². The highest BCUT2D eigenvalue weighted by Gasteiger charge is 2.08. The molecule has 0 atom stereocenters. The van der Waals surface area contributed by atoms with Gasteiger partial charge in [-0.05, 0) is 17.9 Å². The minimum atomic E-state index is 0.373. The second kappa shape index (κ2) is 2.01. The van der Waals surface area contributed by atoms with Gasteiger partial charge in [-0.15, -0.1) is 11.3 Å². The van der Waals surface area contributed by atoms with Crippen LogP contribution in [0.2, 0.25) is 0 Å². The van der Waals surface area contributed by atoms with Crippen LogP contribution in [0.25, 0.3) is 10.1 Å². The second-order valence-corrected chi connectivity index (χ2v) is 3.60. The molecule has 0 unspecified atom stereocenters. The molecule has 0 amide bonds. The van der Waals surface area contributed by atoms with Gasteiger partial charge in [-0.3, -0.25) is 0 Å². The summed E-state index contributed by atoms with van der Waals surface area (Å²) in [4.78, 5) is 0. The van der Waals surface area contributed by atoms with E-state index in [1.807, 2.05) is 13.2 Å². The lowest BCUT2D eigenvalue weighted by molar-refractivity contribution is 0.438. The van der Waals surface area contributed by atoms with Crippen molar-refractivity contribution in [3.05, 3.63) is 17.1 Å². The number of aromatic hydroxyl groups is 1. The predicted molar refractivity (Wildman–Crippen MR) is 47.2 cm³/mol. The lowest BCUT2D eigenvalue weighted by Crippen LogP contribution is -1.80. The third-order valence-electron chi connectivity index (χ3n) is 1.88. The molecule has 0 saturated heterocycles. The number of nitrogens with zero attached hydrogens (tertiary/aromatic N) is 1. The Hall–Kier alpha value is -0.960. The minimum absolute atomic E-state index is 0.373. The van der Waals surface area contributed by atoms with E-state index in [0.29, 0.717) is 5.88 Å². The van der Waals surface area contributed by atoms with Crippen LogP contribution in [0, 0.1) is 6.92 Å². The maximum atomic E-state index is 9.48. The average Bonchev–Trinajstić information content (AvgIpc) is 2.43. The summed E-state index contributed by atoms with van der Waals surface area (Å²) >= 11 is 1.59. The SMILES string of the molecule is Cc1csc2c(O)n(C)cc12. The van der Waals surface area contributed by atoms with E-state index in [0.717, 1.165) is 10.1 Å². The fraction of sp³-hybridized carbons (Fsp3) is 0.250. The Bertz CT molecular complexity index is 399. The fourth-order valence-corrected chi connectivity index (χ4v) is 2.21. The van der Waals surface area contributed by atoms with Crippen LogP contribution in [-0.4, -0.2) is 9.67 Å². The number of fused-ring (bicyclic) bond motifs is 1. The summed E-state index contributed by atoms with van der Waals surface area (Å²) in [5, 5.41) is 12.7. The van der Waals surface area contributed by atoms with Crippen molar-refractivity contribution in [1.29, 1.82) is 0 Å². The zero-order valence-electron chi connectivity index (χ0n) is 6.46. The summed E-state index contributed by atoms with van der Waals surface area (Å²) in [7, 11) is 1.85. The van der Waals surface area contributed by atoms with Gasteiger partial charge in [0.1, 0.15) is 0 Å². The van der Waals surface area contributed by atoms with Crippen molar-refractivity contribution in [2.75, 3.05) is 0 Å². The highest BCUT2D eigenvalue weighted by atomic mass is 32.1. The van der Waals surface area contributed by atoms with E-state index in [1.165, 1.54) is 5.56 Å². The van der Waals surface area contributed by atoms with Gasteiger partial charge in [0.25, 0.3) is 0 Å². The Morgan fingerprint density at radius 1 is 1.55 bits per heavy atom. The molecule has 2 rings (SSSR count). The van der Waals surface area contributed by atoms with Crippen LogP contribution in [0.1, 0.15) is 5.56 Å². The van der Waals surface area contributed by atoms with Crippen molar-refractivity contribution in [2.45, 2.75) is 6.92 Å². The van der Waals surface area contributed by atoms with Crippen molar-refractivity contribution >= 4 is 21.4 Å². The first kappa shape index (κ1) is 6.73. The molecule has 0 aromatic carbocycles. The second-order valence-electron chi connectivity index (χ2n) is 2.73. The lowest BCUT2D eigenvalue weighted by atomic mass is 10.3. The Kier molecular flexibility index (Phi) is 1.23. The normalized spacial score (nSPS) is 11.1. The predicted octanol–water partition coefficient (Wildman–Crippen LogP) is 2.25. The smallest absolute Gasteiger partial charge is 0.209 e. The molecule has 0 bridgehead atoms. The number of aromatic nitrogens is 1. The molecule has 11 heavy (non-hydrogen) atoms. The van der Waals surface area contributed by atoms with Crippen LogP contribution >= 0.6 is 11.3 Å². The highest BCUT2D eigenvalue weighted by Crippen LogP contribution is 2.33. The van der Waals surface area contributed by atoms with E-state index in [9.17, 15) is 5.11 Å². The van der Waals surface area contributed by atoms with E-state index in [2.05, 4.69) is 12.3 Å². The topological polar surface area (TPSA) is 25.2 Å². The largest absolute Gasteiger partial charge is 0.493 e. The number of rotatable bonds is 0. The maximum absolute atomic E-state index is 9.48. The van der Waals surface area contributed by atoms with Crippen molar-refractivity contribution in [3.63, 3.8) is 0 Å². The first-order valence-corrected chi connectivity index (χ1v) is 4.30. The summed E-state index contributed by atoms with van der Waals surface area (Å²) in [5.74, 6) is 0.373. The Balaban J connectivity index is 2.93. The van der Waals surface area contributed by atoms with Crippen molar-refractivity contribution < 1.29 is 5.11 Å². The van der Waals surface area contributed by atoms with Gasteiger partial charge in [0, 0.05) is 18.6 Å². The molecular formula is C8H9NOS. The lowest BCUT2D eigenvalue weighted by Gasteiger charge is -1.90. The molecule has 2 nitrogen and oxygen atoms in total. The zero-order chi connectivity index (χ0) is 8.01. The molecule has 2 aromatic rings. The number of aryl methyl sites for hydroxylation is 2. The molecule has 0 aliphatic heterocycles. The van der Waals surface area contributed by atoms with Gasteiger partial charge in [-0.2, -0.15) is 0 Å². The van der Waals surface area contributed by atoms with Gasteiger partial charge in [0.2, 0.25) is 5.88 Å². The highest BCUT2D eigenvalue weighted by molar-refractivity contribution is 7.17. The van der Waals surface area contributed by atoms with Gasteiger partial charge >= 0.3 is 0 Å². The van der Waals surface area contributed by atoms with Crippen molar-refractivity contribution in [3.8, 4) is 5.88 Å². The molecular weight excluding hydrogens is 158 g/mol. The molecule has 0 spiro atoms. The van der Waals surface area contributed by atoms with Crippen LogP contribution in [0.15, 0.2) is 11.6 Å². The molecule has 0 saturated carbocycles. The van der Waals surface area contributed by atoms with Gasteiger partial charge in [0.05, 0.1) is 4.70 Å². The van der Waals surface area contributed by atoms with Gasteiger partial charge < -0.3 is 9.67 Å². The van der Waals surface area contributed by atoms with E-state index >= 15 is 0 Å². The van der Waals surface area contributed by atoms with E-state index in [4.69, 9.17) is 0 Å². The summed E-state index contributed by atoms with van der Waals surface area (Å²) in [6, 6.07) is 0. The molecule has 0 aliphatic rings. The van der Waals surface area contributed by atoms with E-state index in [1.54, 1.807) is 15.9 Å². The van der Waals surface area contributed by atoms with Crippen LogP contribution in [0.4, 0.5) is 0 Å². The molecule has 0 aliphatic carbocycles. The number of thiophene rings is 1. The fourth-order valence-electron chi connectivity index (χ4n) is 1.20. The number of hydrogen-bond donors (Lipinski definition) is 1. The van der Waals surface area contributed by atoms with E-state index in [-0.39, 0.29) is 0 Å². The van der Waals surface area contributed by atoms with E-state index < -0.39 is 0 Å². The summed E-state index contributed by atoms with van der Waals surface area (Å²) < 4.78 is 2.73. The molecule has 2 aromatic heterocycles. The monoisotopic (exact) mass is 167 g/mol. The standard InChI is InChI=1S/C8H9NOS/c1-5-4-11-7-6(5)3-9(2)8(7)10/h3-4,10H,1-2H3. The average molecular weight is 167 g/mol. The number of hydrogen-bond acceptors (Lipinski definition) is 2. The Labute approximate surface area is 68.7 Å². The van der Waals surface area contributed by atoms with Crippen LogP contribution in [0.3, 0.4) is 0 Å². The van der Waals surface area contributed by atoms with Crippen molar-refractivity contribution in [1.82, 2.24) is 4.57 Å². The molecule has 58 valence electrons. The maximum Gasteiger partial charge on any atom is 0.209 e.